The van der Waals surface area contributed by atoms with Crippen LogP contribution in [0, 0.1) is 6.92 Å². The Bertz CT molecular complexity index is 957. The molecular weight excluding hydrogens is 284 g/mol. The lowest BCUT2D eigenvalue weighted by atomic mass is 10.1. The Balaban J connectivity index is 1.77. The van der Waals surface area contributed by atoms with E-state index in [1.54, 1.807) is 4.52 Å². The van der Waals surface area contributed by atoms with Crippen LogP contribution in [0.15, 0.2) is 73.1 Å². The molecule has 0 radical (unpaired) electrons. The van der Waals surface area contributed by atoms with Gasteiger partial charge < -0.3 is 5.32 Å². The molecule has 2 aromatic carbocycles. The third kappa shape index (κ3) is 2.66. The molecule has 0 saturated heterocycles. The van der Waals surface area contributed by atoms with Crippen molar-refractivity contribution in [1.29, 1.82) is 0 Å². The lowest BCUT2D eigenvalue weighted by molar-refractivity contribution is 0.941. The maximum atomic E-state index is 4.73. The first kappa shape index (κ1) is 13.5. The number of hydrogen-bond donors (Lipinski definition) is 1. The molecule has 1 N–H and O–H groups in total. The van der Waals surface area contributed by atoms with E-state index in [0.29, 0.717) is 0 Å². The Kier molecular flexibility index (Phi) is 3.27. The van der Waals surface area contributed by atoms with Gasteiger partial charge in [0.1, 0.15) is 5.82 Å². The van der Waals surface area contributed by atoms with E-state index in [2.05, 4.69) is 41.6 Å². The summed E-state index contributed by atoms with van der Waals surface area (Å²) < 4.78 is 1.80. The molecule has 112 valence electrons. The fourth-order valence-corrected chi connectivity index (χ4v) is 2.62. The summed E-state index contributed by atoms with van der Waals surface area (Å²) in [5.74, 6) is 0.804. The van der Waals surface area contributed by atoms with Gasteiger partial charge in [0, 0.05) is 17.4 Å². The second-order valence-electron chi connectivity index (χ2n) is 5.50. The van der Waals surface area contributed by atoms with Crippen molar-refractivity contribution >= 4 is 17.2 Å². The summed E-state index contributed by atoms with van der Waals surface area (Å²) in [6, 6.07) is 20.3. The number of anilines is 2. The normalized spacial score (nSPS) is 10.8. The van der Waals surface area contributed by atoms with Gasteiger partial charge in [0.2, 0.25) is 0 Å². The van der Waals surface area contributed by atoms with Gasteiger partial charge in [0.25, 0.3) is 0 Å². The third-order valence-electron chi connectivity index (χ3n) is 3.74. The smallest absolute Gasteiger partial charge is 0.165 e. The van der Waals surface area contributed by atoms with Crippen molar-refractivity contribution in [2.75, 3.05) is 5.32 Å². The van der Waals surface area contributed by atoms with Gasteiger partial charge in [0.05, 0.1) is 6.20 Å². The van der Waals surface area contributed by atoms with Crippen molar-refractivity contribution in [3.8, 4) is 11.1 Å². The van der Waals surface area contributed by atoms with Crippen molar-refractivity contribution < 1.29 is 0 Å². The minimum absolute atomic E-state index is 0.804. The molecule has 0 aliphatic rings. The van der Waals surface area contributed by atoms with Crippen LogP contribution in [0.25, 0.3) is 16.8 Å². The summed E-state index contributed by atoms with van der Waals surface area (Å²) in [4.78, 5) is 4.73. The summed E-state index contributed by atoms with van der Waals surface area (Å²) in [7, 11) is 0. The Morgan fingerprint density at radius 2 is 1.83 bits per heavy atom. The molecular formula is C19H16N4. The highest BCUT2D eigenvalue weighted by Crippen LogP contribution is 2.25. The van der Waals surface area contributed by atoms with E-state index < -0.39 is 0 Å². The number of fused-ring (bicyclic) bond motifs is 1. The van der Waals surface area contributed by atoms with Crippen LogP contribution in [0.3, 0.4) is 0 Å². The van der Waals surface area contributed by atoms with Gasteiger partial charge in [-0.3, -0.25) is 0 Å². The highest BCUT2D eigenvalue weighted by molar-refractivity contribution is 5.78. The molecule has 0 unspecified atom stereocenters. The quantitative estimate of drug-likeness (QED) is 0.608. The zero-order valence-electron chi connectivity index (χ0n) is 12.8. The van der Waals surface area contributed by atoms with Gasteiger partial charge in [-0.25, -0.2) is 9.50 Å². The molecule has 4 nitrogen and oxygen atoms in total. The van der Waals surface area contributed by atoms with Gasteiger partial charge in [-0.2, -0.15) is 5.10 Å². The first-order chi connectivity index (χ1) is 11.3. The van der Waals surface area contributed by atoms with E-state index in [0.717, 1.165) is 28.3 Å². The fourth-order valence-electron chi connectivity index (χ4n) is 2.62. The topological polar surface area (TPSA) is 42.2 Å². The van der Waals surface area contributed by atoms with Gasteiger partial charge in [-0.05, 0) is 30.7 Å². The van der Waals surface area contributed by atoms with Crippen molar-refractivity contribution in [3.05, 3.63) is 78.6 Å². The van der Waals surface area contributed by atoms with E-state index in [1.165, 1.54) is 5.56 Å². The van der Waals surface area contributed by atoms with Crippen LogP contribution in [0.4, 0.5) is 11.5 Å². The lowest BCUT2D eigenvalue weighted by Crippen LogP contribution is -1.97. The van der Waals surface area contributed by atoms with Gasteiger partial charge in [-0.1, -0.05) is 48.0 Å². The van der Waals surface area contributed by atoms with Crippen molar-refractivity contribution in [3.63, 3.8) is 0 Å². The van der Waals surface area contributed by atoms with Crippen LogP contribution in [0.5, 0.6) is 0 Å². The molecule has 0 spiro atoms. The van der Waals surface area contributed by atoms with E-state index in [1.807, 2.05) is 48.8 Å². The molecule has 0 bridgehead atoms. The summed E-state index contributed by atoms with van der Waals surface area (Å²) >= 11 is 0. The number of aromatic nitrogens is 3. The number of nitrogens with one attached hydrogen (secondary N) is 1. The molecule has 23 heavy (non-hydrogen) atoms. The maximum Gasteiger partial charge on any atom is 0.165 e. The van der Waals surface area contributed by atoms with Crippen molar-refractivity contribution in [2.45, 2.75) is 6.92 Å². The number of para-hydroxylation sites is 1. The molecule has 2 aromatic heterocycles. The van der Waals surface area contributed by atoms with Crippen LogP contribution in [0.1, 0.15) is 5.56 Å². The first-order valence-corrected chi connectivity index (χ1v) is 7.53. The Morgan fingerprint density at radius 3 is 2.65 bits per heavy atom. The Morgan fingerprint density at radius 1 is 0.957 bits per heavy atom. The molecule has 4 heteroatoms. The predicted molar refractivity (Wildman–Crippen MR) is 92.9 cm³/mol. The molecule has 0 fully saturated rings. The summed E-state index contributed by atoms with van der Waals surface area (Å²) in [6.45, 7) is 2.09. The second-order valence-corrected chi connectivity index (χ2v) is 5.50. The standard InChI is InChI=1S/C19H16N4/c1-14-6-5-7-15(12-14)17-13-20-23-11-10-18(22-19(17)23)21-16-8-3-2-4-9-16/h2-13H,1H3,(H,21,22). The van der Waals surface area contributed by atoms with Crippen LogP contribution >= 0.6 is 0 Å². The van der Waals surface area contributed by atoms with Gasteiger partial charge in [-0.15, -0.1) is 0 Å². The minimum Gasteiger partial charge on any atom is -0.340 e. The number of rotatable bonds is 3. The van der Waals surface area contributed by atoms with E-state index in [-0.39, 0.29) is 0 Å². The Hall–Kier alpha value is -3.14. The Labute approximate surface area is 134 Å². The first-order valence-electron chi connectivity index (χ1n) is 7.53. The zero-order valence-corrected chi connectivity index (χ0v) is 12.8. The van der Waals surface area contributed by atoms with E-state index >= 15 is 0 Å². The molecule has 4 rings (SSSR count). The average molecular weight is 300 g/mol. The molecule has 0 aliphatic carbocycles. The van der Waals surface area contributed by atoms with Crippen LogP contribution < -0.4 is 5.32 Å². The molecule has 0 saturated carbocycles. The monoisotopic (exact) mass is 300 g/mol. The number of hydrogen-bond acceptors (Lipinski definition) is 3. The molecule has 0 atom stereocenters. The molecule has 2 heterocycles. The fraction of sp³-hybridized carbons (Fsp3) is 0.0526. The van der Waals surface area contributed by atoms with E-state index in [9.17, 15) is 0 Å². The molecule has 4 aromatic rings. The zero-order chi connectivity index (χ0) is 15.6. The summed E-state index contributed by atoms with van der Waals surface area (Å²) in [5, 5.41) is 7.72. The number of nitrogens with zero attached hydrogens (tertiary/aromatic N) is 3. The van der Waals surface area contributed by atoms with Gasteiger partial charge >= 0.3 is 0 Å². The number of benzene rings is 2. The van der Waals surface area contributed by atoms with Crippen LogP contribution in [0.2, 0.25) is 0 Å². The van der Waals surface area contributed by atoms with Crippen LogP contribution in [-0.4, -0.2) is 14.6 Å². The number of aryl methyl sites for hydroxylation is 1. The largest absolute Gasteiger partial charge is 0.340 e. The summed E-state index contributed by atoms with van der Waals surface area (Å²) in [6.07, 6.45) is 3.79. The molecule has 0 aliphatic heterocycles. The van der Waals surface area contributed by atoms with Crippen LogP contribution in [-0.2, 0) is 0 Å². The average Bonchev–Trinajstić information content (AvgIpc) is 2.99. The minimum atomic E-state index is 0.804. The predicted octanol–water partition coefficient (Wildman–Crippen LogP) is 4.45. The maximum absolute atomic E-state index is 4.73. The highest BCUT2D eigenvalue weighted by Gasteiger charge is 2.09. The van der Waals surface area contributed by atoms with Crippen molar-refractivity contribution in [1.82, 2.24) is 14.6 Å². The second kappa shape index (κ2) is 5.57. The SMILES string of the molecule is Cc1cccc(-c2cnn3ccc(Nc4ccccc4)nc23)c1. The molecule has 0 amide bonds. The lowest BCUT2D eigenvalue weighted by Gasteiger charge is -2.06. The summed E-state index contributed by atoms with van der Waals surface area (Å²) in [5.41, 5.74) is 5.24. The van der Waals surface area contributed by atoms with E-state index in [4.69, 9.17) is 4.98 Å². The third-order valence-corrected chi connectivity index (χ3v) is 3.74. The van der Waals surface area contributed by atoms with Crippen molar-refractivity contribution in [2.24, 2.45) is 0 Å². The van der Waals surface area contributed by atoms with Gasteiger partial charge in [0.15, 0.2) is 5.65 Å². The highest BCUT2D eigenvalue weighted by atomic mass is 15.2.